The highest BCUT2D eigenvalue weighted by Gasteiger charge is 2.18. The van der Waals surface area contributed by atoms with E-state index in [1.54, 1.807) is 0 Å². The van der Waals surface area contributed by atoms with Crippen molar-refractivity contribution in [3.05, 3.63) is 34.2 Å². The van der Waals surface area contributed by atoms with E-state index in [1.165, 1.54) is 18.4 Å². The molecule has 0 spiro atoms. The molecule has 0 aromatic heterocycles. The van der Waals surface area contributed by atoms with Gasteiger partial charge in [-0.2, -0.15) is 0 Å². The Bertz CT molecular complexity index is 244. The van der Waals surface area contributed by atoms with Crippen LogP contribution in [0.2, 0.25) is 0 Å². The van der Waals surface area contributed by atoms with Crippen molar-refractivity contribution in [2.24, 2.45) is 0 Å². The molecular formula is C5H3N2O2S. The molecule has 0 saturated heterocycles. The smallest absolute Gasteiger partial charge is 0.258 e. The van der Waals surface area contributed by atoms with Crippen LogP contribution in [0.3, 0.4) is 0 Å². The molecule has 1 aliphatic heterocycles. The van der Waals surface area contributed by atoms with Crippen molar-refractivity contribution in [1.82, 2.24) is 5.32 Å². The number of nitro groups is 1. The zero-order chi connectivity index (χ0) is 7.56. The van der Waals surface area contributed by atoms with Gasteiger partial charge in [0.15, 0.2) is 0 Å². The summed E-state index contributed by atoms with van der Waals surface area (Å²) in [6.45, 7) is 0. The fourth-order valence-electron chi connectivity index (χ4n) is 0.521. The molecule has 0 unspecified atom stereocenters. The van der Waals surface area contributed by atoms with Crippen LogP contribution in [-0.2, 0) is 0 Å². The van der Waals surface area contributed by atoms with Crippen LogP contribution in [0.1, 0.15) is 0 Å². The predicted molar refractivity (Wildman–Crippen MR) is 38.9 cm³/mol. The van der Waals surface area contributed by atoms with Gasteiger partial charge >= 0.3 is 5.70 Å². The molecular weight excluding hydrogens is 152 g/mol. The second-order valence-electron chi connectivity index (χ2n) is 1.58. The van der Waals surface area contributed by atoms with Crippen LogP contribution in [-0.4, -0.2) is 9.91 Å². The Balaban J connectivity index is 2.91. The van der Waals surface area contributed by atoms with E-state index >= 15 is 0 Å². The molecule has 5 heteroatoms. The van der Waals surface area contributed by atoms with Gasteiger partial charge in [0.05, 0.1) is 4.92 Å². The first-order valence-electron chi connectivity index (χ1n) is 2.48. The van der Waals surface area contributed by atoms with Gasteiger partial charge in [0.2, 0.25) is 4.99 Å². The van der Waals surface area contributed by atoms with Crippen molar-refractivity contribution in [2.75, 3.05) is 0 Å². The standard InChI is InChI=1S/C5H3N2O2S/c8-7(9)4-2-1-3-6-5(4)10/h1-3H. The van der Waals surface area contributed by atoms with E-state index in [9.17, 15) is 10.1 Å². The molecule has 1 rings (SSSR count). The number of rotatable bonds is 1. The zero-order valence-electron chi connectivity index (χ0n) is 4.85. The molecule has 0 aromatic rings. The molecule has 0 bridgehead atoms. The van der Waals surface area contributed by atoms with Gasteiger partial charge in [0.25, 0.3) is 0 Å². The summed E-state index contributed by atoms with van der Waals surface area (Å²) in [6.07, 6.45) is 4.23. The normalized spacial score (nSPS) is 16.0. The Kier molecular flexibility index (Phi) is 1.77. The minimum Gasteiger partial charge on any atom is -0.258 e. The maximum absolute atomic E-state index is 10.1. The summed E-state index contributed by atoms with van der Waals surface area (Å²) in [5.41, 5.74) is -0.113. The summed E-state index contributed by atoms with van der Waals surface area (Å²) in [5, 5.41) is 13.7. The van der Waals surface area contributed by atoms with Crippen LogP contribution in [0.4, 0.5) is 0 Å². The summed E-state index contributed by atoms with van der Waals surface area (Å²) in [7, 11) is 0. The van der Waals surface area contributed by atoms with Crippen LogP contribution in [0.25, 0.3) is 0 Å². The van der Waals surface area contributed by atoms with Crippen LogP contribution in [0, 0.1) is 10.1 Å². The highest BCUT2D eigenvalue weighted by molar-refractivity contribution is 7.80. The Morgan fingerprint density at radius 3 is 2.80 bits per heavy atom. The maximum Gasteiger partial charge on any atom is 0.305 e. The van der Waals surface area contributed by atoms with E-state index in [0.29, 0.717) is 0 Å². The first kappa shape index (κ1) is 6.88. The Morgan fingerprint density at radius 2 is 2.40 bits per heavy atom. The third-order valence-corrected chi connectivity index (χ3v) is 1.26. The van der Waals surface area contributed by atoms with E-state index in [0.717, 1.165) is 0 Å². The van der Waals surface area contributed by atoms with Crippen molar-refractivity contribution in [3.63, 3.8) is 0 Å². The largest absolute Gasteiger partial charge is 0.305 e. The summed E-state index contributed by atoms with van der Waals surface area (Å²) < 4.78 is 0. The van der Waals surface area contributed by atoms with E-state index in [4.69, 9.17) is 0 Å². The molecule has 0 N–H and O–H groups in total. The van der Waals surface area contributed by atoms with Gasteiger partial charge < -0.3 is 0 Å². The second kappa shape index (κ2) is 2.57. The highest BCUT2D eigenvalue weighted by atomic mass is 32.1. The van der Waals surface area contributed by atoms with Gasteiger partial charge in [0.1, 0.15) is 0 Å². The van der Waals surface area contributed by atoms with Crippen LogP contribution >= 0.6 is 12.2 Å². The van der Waals surface area contributed by atoms with Gasteiger partial charge in [0, 0.05) is 12.3 Å². The molecule has 1 heterocycles. The zero-order valence-corrected chi connectivity index (χ0v) is 5.67. The SMILES string of the molecule is O=[N+]([O-])C1=CC=C[N]C1=S. The summed E-state index contributed by atoms with van der Waals surface area (Å²) >= 11 is 4.58. The van der Waals surface area contributed by atoms with Crippen molar-refractivity contribution in [3.8, 4) is 0 Å². The molecule has 0 fully saturated rings. The molecule has 51 valence electrons. The first-order chi connectivity index (χ1) is 4.72. The van der Waals surface area contributed by atoms with Crippen molar-refractivity contribution in [1.29, 1.82) is 0 Å². The van der Waals surface area contributed by atoms with Gasteiger partial charge in [-0.1, -0.05) is 12.2 Å². The van der Waals surface area contributed by atoms with Crippen LogP contribution in [0.15, 0.2) is 24.0 Å². The van der Waals surface area contributed by atoms with Crippen molar-refractivity contribution >= 4 is 17.2 Å². The van der Waals surface area contributed by atoms with Gasteiger partial charge in [-0.25, -0.2) is 5.32 Å². The van der Waals surface area contributed by atoms with Gasteiger partial charge in [-0.15, -0.1) is 0 Å². The quantitative estimate of drug-likeness (QED) is 0.316. The minimum atomic E-state index is -0.546. The lowest BCUT2D eigenvalue weighted by Crippen LogP contribution is -2.18. The Morgan fingerprint density at radius 1 is 1.70 bits per heavy atom. The fraction of sp³-hybridized carbons (Fsp3) is 0. The summed E-state index contributed by atoms with van der Waals surface area (Å²) in [5.74, 6) is 0. The van der Waals surface area contributed by atoms with E-state index in [1.807, 2.05) is 0 Å². The Labute approximate surface area is 62.4 Å². The van der Waals surface area contributed by atoms with Gasteiger partial charge in [-0.3, -0.25) is 10.1 Å². The fourth-order valence-corrected chi connectivity index (χ4v) is 0.725. The summed E-state index contributed by atoms with van der Waals surface area (Å²) in [4.78, 5) is 9.61. The number of allylic oxidation sites excluding steroid dienone is 2. The highest BCUT2D eigenvalue weighted by Crippen LogP contribution is 2.03. The summed E-state index contributed by atoms with van der Waals surface area (Å²) in [6, 6.07) is 0. The number of hydrogen-bond acceptors (Lipinski definition) is 3. The molecule has 0 aliphatic carbocycles. The third-order valence-electron chi connectivity index (χ3n) is 0.948. The topological polar surface area (TPSA) is 57.2 Å². The lowest BCUT2D eigenvalue weighted by atomic mass is 10.3. The number of hydrogen-bond donors (Lipinski definition) is 0. The average Bonchev–Trinajstić information content (AvgIpc) is 1.88. The molecule has 0 aromatic carbocycles. The average molecular weight is 155 g/mol. The van der Waals surface area contributed by atoms with Crippen molar-refractivity contribution in [2.45, 2.75) is 0 Å². The van der Waals surface area contributed by atoms with Crippen molar-refractivity contribution < 1.29 is 4.92 Å². The van der Waals surface area contributed by atoms with E-state index < -0.39 is 4.92 Å². The second-order valence-corrected chi connectivity index (χ2v) is 1.97. The van der Waals surface area contributed by atoms with Crippen LogP contribution in [0.5, 0.6) is 0 Å². The Hall–Kier alpha value is -1.23. The lowest BCUT2D eigenvalue weighted by Gasteiger charge is -1.99. The molecule has 0 saturated carbocycles. The molecule has 1 radical (unpaired) electrons. The maximum atomic E-state index is 10.1. The lowest BCUT2D eigenvalue weighted by molar-refractivity contribution is -0.415. The molecule has 1 aliphatic rings. The van der Waals surface area contributed by atoms with E-state index in [-0.39, 0.29) is 10.7 Å². The third kappa shape index (κ3) is 1.19. The predicted octanol–water partition coefficient (Wildman–Crippen LogP) is 0.606. The molecule has 10 heavy (non-hydrogen) atoms. The van der Waals surface area contributed by atoms with Crippen LogP contribution < -0.4 is 5.32 Å². The van der Waals surface area contributed by atoms with E-state index in [2.05, 4.69) is 17.5 Å². The van der Waals surface area contributed by atoms with Gasteiger partial charge in [-0.05, 0) is 6.08 Å². The molecule has 0 amide bonds. The first-order valence-corrected chi connectivity index (χ1v) is 2.89. The molecule has 4 nitrogen and oxygen atoms in total. The number of nitrogens with zero attached hydrogens (tertiary/aromatic N) is 2. The minimum absolute atomic E-state index is 0.0347. The number of thiocarbonyl (C=S) groups is 1. The monoisotopic (exact) mass is 155 g/mol. The molecule has 0 atom stereocenters.